The number of H-pyrrole nitrogens is 1. The van der Waals surface area contributed by atoms with Crippen LogP contribution < -0.4 is 10.9 Å². The highest BCUT2D eigenvalue weighted by atomic mass is 16.5. The Morgan fingerprint density at radius 1 is 1.64 bits per heavy atom. The number of fused-ring (bicyclic) bond motifs is 1. The first kappa shape index (κ1) is 9.36. The van der Waals surface area contributed by atoms with Gasteiger partial charge in [-0.3, -0.25) is 4.79 Å². The first-order valence-electron chi connectivity index (χ1n) is 4.64. The molecule has 2 rings (SSSR count). The molecule has 0 saturated heterocycles. The molecule has 5 heteroatoms. The van der Waals surface area contributed by atoms with Gasteiger partial charge < -0.3 is 15.0 Å². The molecular formula is C9H13N3O2. The molecule has 1 aliphatic rings. The third kappa shape index (κ3) is 1.69. The largest absolute Gasteiger partial charge is 0.375 e. The molecule has 0 atom stereocenters. The van der Waals surface area contributed by atoms with Gasteiger partial charge in [0.2, 0.25) is 0 Å². The molecule has 2 heterocycles. The summed E-state index contributed by atoms with van der Waals surface area (Å²) >= 11 is 0. The minimum Gasteiger partial charge on any atom is -0.375 e. The summed E-state index contributed by atoms with van der Waals surface area (Å²) in [6, 6.07) is 0. The van der Waals surface area contributed by atoms with Crippen molar-refractivity contribution in [3.8, 4) is 0 Å². The second-order valence-electron chi connectivity index (χ2n) is 3.27. The summed E-state index contributed by atoms with van der Waals surface area (Å²) in [7, 11) is 1.82. The average molecular weight is 195 g/mol. The highest BCUT2D eigenvalue weighted by Crippen LogP contribution is 2.09. The van der Waals surface area contributed by atoms with E-state index in [1.54, 1.807) is 0 Å². The summed E-state index contributed by atoms with van der Waals surface area (Å²) in [5.74, 6) is 0.668. The Morgan fingerprint density at radius 2 is 2.50 bits per heavy atom. The van der Waals surface area contributed by atoms with E-state index in [1.807, 2.05) is 7.05 Å². The van der Waals surface area contributed by atoms with E-state index in [4.69, 9.17) is 4.74 Å². The van der Waals surface area contributed by atoms with Crippen LogP contribution in [0.3, 0.4) is 0 Å². The Labute approximate surface area is 81.5 Å². The molecule has 14 heavy (non-hydrogen) atoms. The monoisotopic (exact) mass is 195 g/mol. The number of hydrogen-bond acceptors (Lipinski definition) is 4. The van der Waals surface area contributed by atoms with Crippen molar-refractivity contribution >= 4 is 0 Å². The van der Waals surface area contributed by atoms with Crippen molar-refractivity contribution in [2.45, 2.75) is 19.6 Å². The molecular weight excluding hydrogens is 182 g/mol. The molecule has 0 fully saturated rings. The van der Waals surface area contributed by atoms with E-state index < -0.39 is 0 Å². The van der Waals surface area contributed by atoms with E-state index in [0.717, 1.165) is 11.3 Å². The molecule has 0 radical (unpaired) electrons. The Morgan fingerprint density at radius 3 is 3.29 bits per heavy atom. The summed E-state index contributed by atoms with van der Waals surface area (Å²) in [5, 5.41) is 2.94. The van der Waals surface area contributed by atoms with Gasteiger partial charge in [0, 0.05) is 12.0 Å². The molecule has 0 spiro atoms. The number of nitrogens with zero attached hydrogens (tertiary/aromatic N) is 1. The molecule has 2 N–H and O–H groups in total. The van der Waals surface area contributed by atoms with Crippen molar-refractivity contribution < 1.29 is 4.74 Å². The molecule has 1 aromatic rings. The van der Waals surface area contributed by atoms with Crippen LogP contribution >= 0.6 is 0 Å². The number of ether oxygens (including phenoxy) is 1. The van der Waals surface area contributed by atoms with Crippen LogP contribution in [0.5, 0.6) is 0 Å². The zero-order chi connectivity index (χ0) is 9.97. The molecule has 1 aromatic heterocycles. The van der Waals surface area contributed by atoms with Crippen molar-refractivity contribution in [1.82, 2.24) is 15.3 Å². The fraction of sp³-hybridized carbons (Fsp3) is 0.556. The topological polar surface area (TPSA) is 67.0 Å². The van der Waals surface area contributed by atoms with Gasteiger partial charge >= 0.3 is 0 Å². The van der Waals surface area contributed by atoms with Crippen LogP contribution in [-0.4, -0.2) is 23.6 Å². The minimum atomic E-state index is -0.0245. The predicted octanol–water partition coefficient (Wildman–Crippen LogP) is -0.438. The minimum absolute atomic E-state index is 0.0245. The van der Waals surface area contributed by atoms with E-state index in [0.29, 0.717) is 32.0 Å². The van der Waals surface area contributed by atoms with E-state index in [9.17, 15) is 4.79 Å². The Hall–Kier alpha value is -1.20. The van der Waals surface area contributed by atoms with Gasteiger partial charge in [-0.1, -0.05) is 0 Å². The van der Waals surface area contributed by atoms with Crippen LogP contribution in [0, 0.1) is 0 Å². The van der Waals surface area contributed by atoms with Crippen LogP contribution in [0.4, 0.5) is 0 Å². The normalized spacial score (nSPS) is 15.2. The Balaban J connectivity index is 2.41. The van der Waals surface area contributed by atoms with E-state index in [2.05, 4.69) is 15.3 Å². The summed E-state index contributed by atoms with van der Waals surface area (Å²) in [4.78, 5) is 18.7. The van der Waals surface area contributed by atoms with Gasteiger partial charge in [0.1, 0.15) is 5.82 Å². The summed E-state index contributed by atoms with van der Waals surface area (Å²) in [6.07, 6.45) is 0.664. The maximum Gasteiger partial charge on any atom is 0.254 e. The first-order valence-corrected chi connectivity index (χ1v) is 4.64. The molecule has 0 amide bonds. The standard InChI is InChI=1S/C9H13N3O2/c1-10-4-8-11-7-5-14-3-2-6(7)9(13)12-8/h10H,2-5H2,1H3,(H,11,12,13). The zero-order valence-corrected chi connectivity index (χ0v) is 8.09. The van der Waals surface area contributed by atoms with Crippen molar-refractivity contribution in [3.63, 3.8) is 0 Å². The van der Waals surface area contributed by atoms with Crippen molar-refractivity contribution in [3.05, 3.63) is 27.4 Å². The number of hydrogen-bond donors (Lipinski definition) is 2. The summed E-state index contributed by atoms with van der Waals surface area (Å²) < 4.78 is 5.25. The second-order valence-corrected chi connectivity index (χ2v) is 3.27. The molecule has 0 bridgehead atoms. The number of rotatable bonds is 2. The van der Waals surface area contributed by atoms with Crippen LogP contribution in [-0.2, 0) is 24.3 Å². The van der Waals surface area contributed by atoms with Crippen LogP contribution in [0.2, 0.25) is 0 Å². The Bertz CT molecular complexity index is 386. The van der Waals surface area contributed by atoms with E-state index in [-0.39, 0.29) is 5.56 Å². The van der Waals surface area contributed by atoms with Gasteiger partial charge in [0.05, 0.1) is 25.5 Å². The predicted molar refractivity (Wildman–Crippen MR) is 51.0 cm³/mol. The fourth-order valence-corrected chi connectivity index (χ4v) is 1.57. The lowest BCUT2D eigenvalue weighted by Gasteiger charge is -2.15. The maximum absolute atomic E-state index is 11.6. The molecule has 0 aromatic carbocycles. The lowest BCUT2D eigenvalue weighted by molar-refractivity contribution is 0.106. The summed E-state index contributed by atoms with van der Waals surface area (Å²) in [6.45, 7) is 1.64. The van der Waals surface area contributed by atoms with Crippen LogP contribution in [0.25, 0.3) is 0 Å². The van der Waals surface area contributed by atoms with E-state index >= 15 is 0 Å². The number of aromatic nitrogens is 2. The van der Waals surface area contributed by atoms with Crippen molar-refractivity contribution in [1.29, 1.82) is 0 Å². The molecule has 76 valence electrons. The third-order valence-corrected chi connectivity index (χ3v) is 2.23. The molecule has 0 unspecified atom stereocenters. The van der Waals surface area contributed by atoms with Gasteiger partial charge in [-0.05, 0) is 7.05 Å². The first-order chi connectivity index (χ1) is 6.81. The number of aromatic amines is 1. The van der Waals surface area contributed by atoms with Gasteiger partial charge in [-0.2, -0.15) is 0 Å². The second kappa shape index (κ2) is 3.89. The van der Waals surface area contributed by atoms with Crippen molar-refractivity contribution in [2.24, 2.45) is 0 Å². The third-order valence-electron chi connectivity index (χ3n) is 2.23. The highest BCUT2D eigenvalue weighted by Gasteiger charge is 2.15. The summed E-state index contributed by atoms with van der Waals surface area (Å²) in [5.41, 5.74) is 1.53. The molecule has 1 aliphatic heterocycles. The van der Waals surface area contributed by atoms with E-state index in [1.165, 1.54) is 0 Å². The smallest absolute Gasteiger partial charge is 0.254 e. The van der Waals surface area contributed by atoms with Gasteiger partial charge in [-0.25, -0.2) is 4.98 Å². The average Bonchev–Trinajstić information content (AvgIpc) is 2.18. The zero-order valence-electron chi connectivity index (χ0n) is 8.09. The maximum atomic E-state index is 11.6. The SMILES string of the molecule is CNCc1nc2c(c(=O)[nH]1)CCOC2. The van der Waals surface area contributed by atoms with Gasteiger partial charge in [0.25, 0.3) is 5.56 Å². The highest BCUT2D eigenvalue weighted by molar-refractivity contribution is 5.19. The molecule has 0 aliphatic carbocycles. The fourth-order valence-electron chi connectivity index (χ4n) is 1.57. The van der Waals surface area contributed by atoms with Crippen LogP contribution in [0.15, 0.2) is 4.79 Å². The lowest BCUT2D eigenvalue weighted by atomic mass is 10.1. The molecule has 0 saturated carbocycles. The van der Waals surface area contributed by atoms with Crippen molar-refractivity contribution in [2.75, 3.05) is 13.7 Å². The number of nitrogens with one attached hydrogen (secondary N) is 2. The van der Waals surface area contributed by atoms with Gasteiger partial charge in [-0.15, -0.1) is 0 Å². The Kier molecular flexibility index (Phi) is 2.60. The quantitative estimate of drug-likeness (QED) is 0.671. The molecule has 5 nitrogen and oxygen atoms in total. The lowest BCUT2D eigenvalue weighted by Crippen LogP contribution is -2.26. The van der Waals surface area contributed by atoms with Gasteiger partial charge in [0.15, 0.2) is 0 Å². The van der Waals surface area contributed by atoms with Crippen LogP contribution in [0.1, 0.15) is 17.1 Å².